The zero-order chi connectivity index (χ0) is 8.97. The maximum Gasteiger partial charge on any atom is 0.123 e. The molecule has 1 atom stereocenters. The fourth-order valence-electron chi connectivity index (χ4n) is 0.885. The highest BCUT2D eigenvalue weighted by Crippen LogP contribution is 2.16. The molecule has 0 aromatic heterocycles. The molecule has 0 bridgehead atoms. The summed E-state index contributed by atoms with van der Waals surface area (Å²) in [6, 6.07) is 5.66. The number of halogens is 1. The van der Waals surface area contributed by atoms with Gasteiger partial charge in [-0.25, -0.2) is 4.39 Å². The minimum atomic E-state index is -0.285. The van der Waals surface area contributed by atoms with Gasteiger partial charge in [0.05, 0.1) is 6.04 Å². The maximum atomic E-state index is 12.4. The van der Waals surface area contributed by atoms with Gasteiger partial charge >= 0.3 is 0 Å². The third-order valence-electron chi connectivity index (χ3n) is 1.58. The lowest BCUT2D eigenvalue weighted by molar-refractivity contribution is 0.626. The Balaban J connectivity index is 2.89. The van der Waals surface area contributed by atoms with Crippen molar-refractivity contribution in [3.05, 3.63) is 46.1 Å². The van der Waals surface area contributed by atoms with Crippen LogP contribution in [-0.4, -0.2) is 0 Å². The SMILES string of the molecule is C[C@@H](N=[N+]=[N-])c1ccc(F)cc1. The minimum Gasteiger partial charge on any atom is -0.207 e. The Bertz CT molecular complexity index is 301. The number of nitrogens with zero attached hydrogens (tertiary/aromatic N) is 3. The molecule has 3 nitrogen and oxygen atoms in total. The fourth-order valence-corrected chi connectivity index (χ4v) is 0.885. The van der Waals surface area contributed by atoms with Crippen LogP contribution in [0.3, 0.4) is 0 Å². The van der Waals surface area contributed by atoms with Crippen LogP contribution < -0.4 is 0 Å². The van der Waals surface area contributed by atoms with Crippen LogP contribution in [0.15, 0.2) is 29.4 Å². The van der Waals surface area contributed by atoms with Gasteiger partial charge in [0.15, 0.2) is 0 Å². The van der Waals surface area contributed by atoms with Crippen LogP contribution >= 0.6 is 0 Å². The van der Waals surface area contributed by atoms with E-state index in [1.54, 1.807) is 19.1 Å². The molecule has 0 aliphatic rings. The van der Waals surface area contributed by atoms with Crippen molar-refractivity contribution in [2.75, 3.05) is 0 Å². The van der Waals surface area contributed by atoms with Crippen molar-refractivity contribution in [1.29, 1.82) is 0 Å². The van der Waals surface area contributed by atoms with Gasteiger partial charge < -0.3 is 0 Å². The van der Waals surface area contributed by atoms with Gasteiger partial charge in [0.25, 0.3) is 0 Å². The lowest BCUT2D eigenvalue weighted by atomic mass is 10.1. The van der Waals surface area contributed by atoms with Crippen LogP contribution in [0.2, 0.25) is 0 Å². The number of hydrogen-bond acceptors (Lipinski definition) is 1. The van der Waals surface area contributed by atoms with Crippen molar-refractivity contribution in [3.8, 4) is 0 Å². The van der Waals surface area contributed by atoms with E-state index in [2.05, 4.69) is 10.0 Å². The summed E-state index contributed by atoms with van der Waals surface area (Å²) in [5.41, 5.74) is 8.95. The first-order valence-corrected chi connectivity index (χ1v) is 3.53. The molecule has 1 rings (SSSR count). The third-order valence-corrected chi connectivity index (χ3v) is 1.58. The Morgan fingerprint density at radius 2 is 2.00 bits per heavy atom. The predicted octanol–water partition coefficient (Wildman–Crippen LogP) is 3.20. The van der Waals surface area contributed by atoms with Crippen LogP contribution in [0.4, 0.5) is 4.39 Å². The molecule has 0 heterocycles. The summed E-state index contributed by atoms with van der Waals surface area (Å²) in [7, 11) is 0. The Morgan fingerprint density at radius 3 is 2.50 bits per heavy atom. The average molecular weight is 165 g/mol. The summed E-state index contributed by atoms with van der Waals surface area (Å²) in [6.07, 6.45) is 0. The van der Waals surface area contributed by atoms with Crippen LogP contribution in [0.1, 0.15) is 18.5 Å². The highest BCUT2D eigenvalue weighted by Gasteiger charge is 2.01. The van der Waals surface area contributed by atoms with E-state index in [4.69, 9.17) is 5.53 Å². The molecule has 0 N–H and O–H groups in total. The molecule has 0 saturated heterocycles. The Morgan fingerprint density at radius 1 is 1.42 bits per heavy atom. The topological polar surface area (TPSA) is 48.8 Å². The molecular formula is C8H8FN3. The van der Waals surface area contributed by atoms with E-state index in [1.807, 2.05) is 0 Å². The molecule has 1 aromatic rings. The lowest BCUT2D eigenvalue weighted by Crippen LogP contribution is -1.87. The molecule has 0 saturated carbocycles. The fraction of sp³-hybridized carbons (Fsp3) is 0.250. The van der Waals surface area contributed by atoms with Crippen LogP contribution in [0.5, 0.6) is 0 Å². The Labute approximate surface area is 69.5 Å². The standard InChI is InChI=1S/C8H8FN3/c1-6(11-12-10)7-2-4-8(9)5-3-7/h2-6H,1H3/t6-/m1/s1. The van der Waals surface area contributed by atoms with Gasteiger partial charge in [0, 0.05) is 4.91 Å². The smallest absolute Gasteiger partial charge is 0.123 e. The van der Waals surface area contributed by atoms with Crippen LogP contribution in [0, 0.1) is 5.82 Å². The van der Waals surface area contributed by atoms with Gasteiger partial charge in [0.1, 0.15) is 5.82 Å². The molecule has 0 spiro atoms. The molecule has 0 radical (unpaired) electrons. The molecule has 12 heavy (non-hydrogen) atoms. The molecular weight excluding hydrogens is 157 g/mol. The van der Waals surface area contributed by atoms with E-state index in [-0.39, 0.29) is 11.9 Å². The first kappa shape index (κ1) is 8.56. The van der Waals surface area contributed by atoms with E-state index in [0.717, 1.165) is 5.56 Å². The maximum absolute atomic E-state index is 12.4. The predicted molar refractivity (Wildman–Crippen MR) is 44.0 cm³/mol. The molecule has 0 fully saturated rings. The second kappa shape index (κ2) is 3.74. The zero-order valence-corrected chi connectivity index (χ0v) is 6.61. The van der Waals surface area contributed by atoms with E-state index in [1.165, 1.54) is 12.1 Å². The second-order valence-corrected chi connectivity index (χ2v) is 2.43. The normalized spacial score (nSPS) is 11.8. The van der Waals surface area contributed by atoms with Gasteiger partial charge in [-0.05, 0) is 23.2 Å². The molecule has 1 aromatic carbocycles. The van der Waals surface area contributed by atoms with Gasteiger partial charge in [-0.3, -0.25) is 0 Å². The van der Waals surface area contributed by atoms with Crippen molar-refractivity contribution in [1.82, 2.24) is 0 Å². The number of hydrogen-bond donors (Lipinski definition) is 0. The largest absolute Gasteiger partial charge is 0.207 e. The highest BCUT2D eigenvalue weighted by atomic mass is 19.1. The first-order chi connectivity index (χ1) is 5.74. The summed E-state index contributed by atoms with van der Waals surface area (Å²) in [5, 5.41) is 3.48. The Kier molecular flexibility index (Phi) is 2.66. The van der Waals surface area contributed by atoms with Gasteiger partial charge in [-0.2, -0.15) is 0 Å². The van der Waals surface area contributed by atoms with Crippen molar-refractivity contribution in [3.63, 3.8) is 0 Å². The monoisotopic (exact) mass is 165 g/mol. The molecule has 0 aliphatic carbocycles. The van der Waals surface area contributed by atoms with Crippen molar-refractivity contribution < 1.29 is 4.39 Å². The highest BCUT2D eigenvalue weighted by molar-refractivity contribution is 5.19. The average Bonchev–Trinajstić information content (AvgIpc) is 2.06. The van der Waals surface area contributed by atoms with E-state index >= 15 is 0 Å². The quantitative estimate of drug-likeness (QED) is 0.367. The van der Waals surface area contributed by atoms with Crippen LogP contribution in [0.25, 0.3) is 10.4 Å². The van der Waals surface area contributed by atoms with Gasteiger partial charge in [0.2, 0.25) is 0 Å². The summed E-state index contributed by atoms with van der Waals surface area (Å²) in [5.74, 6) is -0.285. The van der Waals surface area contributed by atoms with Gasteiger partial charge in [-0.15, -0.1) is 0 Å². The van der Waals surface area contributed by atoms with E-state index < -0.39 is 0 Å². The van der Waals surface area contributed by atoms with E-state index in [9.17, 15) is 4.39 Å². The third kappa shape index (κ3) is 1.97. The molecule has 0 aliphatic heterocycles. The van der Waals surface area contributed by atoms with Gasteiger partial charge in [-0.1, -0.05) is 24.2 Å². The van der Waals surface area contributed by atoms with Crippen molar-refractivity contribution >= 4 is 0 Å². The number of azide groups is 1. The molecule has 0 unspecified atom stereocenters. The zero-order valence-electron chi connectivity index (χ0n) is 6.61. The number of benzene rings is 1. The summed E-state index contributed by atoms with van der Waals surface area (Å²) >= 11 is 0. The summed E-state index contributed by atoms with van der Waals surface area (Å²) < 4.78 is 12.4. The van der Waals surface area contributed by atoms with Crippen molar-refractivity contribution in [2.45, 2.75) is 13.0 Å². The van der Waals surface area contributed by atoms with Crippen LogP contribution in [-0.2, 0) is 0 Å². The molecule has 4 heteroatoms. The van der Waals surface area contributed by atoms with E-state index in [0.29, 0.717) is 0 Å². The van der Waals surface area contributed by atoms with Crippen molar-refractivity contribution in [2.24, 2.45) is 5.11 Å². The number of rotatable bonds is 2. The first-order valence-electron chi connectivity index (χ1n) is 3.53. The summed E-state index contributed by atoms with van der Waals surface area (Å²) in [6.45, 7) is 1.76. The second-order valence-electron chi connectivity index (χ2n) is 2.43. The molecule has 0 amide bonds. The molecule has 62 valence electrons. The lowest BCUT2D eigenvalue weighted by Gasteiger charge is -2.02. The minimum absolute atomic E-state index is 0.240. The summed E-state index contributed by atoms with van der Waals surface area (Å²) in [4.78, 5) is 2.67. The Hall–Kier alpha value is -1.54.